The highest BCUT2D eigenvalue weighted by atomic mass is 16.5. The minimum absolute atomic E-state index is 0.0326. The SMILES string of the molecule is C#CCOC(=O)c1ccc2nc(-c3ccccc3)[nH]c2c1. The number of hydrogen-bond acceptors (Lipinski definition) is 3. The number of benzene rings is 2. The highest BCUT2D eigenvalue weighted by Gasteiger charge is 2.10. The maximum atomic E-state index is 11.8. The standard InChI is InChI=1S/C17H12N2O2/c1-2-10-21-17(20)13-8-9-14-15(11-13)19-16(18-14)12-6-4-3-5-7-12/h1,3-9,11H,10H2,(H,18,19). The molecule has 102 valence electrons. The maximum absolute atomic E-state index is 11.8. The van der Waals surface area contributed by atoms with Crippen molar-refractivity contribution in [3.63, 3.8) is 0 Å². The fourth-order valence-corrected chi connectivity index (χ4v) is 2.06. The van der Waals surface area contributed by atoms with E-state index in [1.54, 1.807) is 18.2 Å². The van der Waals surface area contributed by atoms with Crippen molar-refractivity contribution in [2.45, 2.75) is 0 Å². The lowest BCUT2D eigenvalue weighted by atomic mass is 10.2. The summed E-state index contributed by atoms with van der Waals surface area (Å²) in [6.45, 7) is -0.0326. The molecule has 0 bridgehead atoms. The van der Waals surface area contributed by atoms with Crippen LogP contribution >= 0.6 is 0 Å². The molecule has 0 aliphatic carbocycles. The third kappa shape index (κ3) is 2.63. The molecule has 0 aliphatic heterocycles. The number of aromatic amines is 1. The first-order valence-corrected chi connectivity index (χ1v) is 6.44. The second-order valence-electron chi connectivity index (χ2n) is 4.46. The molecule has 0 radical (unpaired) electrons. The van der Waals surface area contributed by atoms with Gasteiger partial charge in [0.15, 0.2) is 6.61 Å². The maximum Gasteiger partial charge on any atom is 0.339 e. The molecule has 4 heteroatoms. The topological polar surface area (TPSA) is 55.0 Å². The van der Waals surface area contributed by atoms with Crippen molar-refractivity contribution in [1.82, 2.24) is 9.97 Å². The lowest BCUT2D eigenvalue weighted by Gasteiger charge is -2.00. The Labute approximate surface area is 121 Å². The Hall–Kier alpha value is -3.06. The number of terminal acetylenes is 1. The number of esters is 1. The van der Waals surface area contributed by atoms with E-state index < -0.39 is 5.97 Å². The Morgan fingerprint density at radius 2 is 2.05 bits per heavy atom. The van der Waals surface area contributed by atoms with Gasteiger partial charge < -0.3 is 9.72 Å². The molecule has 0 amide bonds. The number of imidazole rings is 1. The summed E-state index contributed by atoms with van der Waals surface area (Å²) in [6, 6.07) is 15.0. The second-order valence-corrected chi connectivity index (χ2v) is 4.46. The number of ether oxygens (including phenoxy) is 1. The van der Waals surface area contributed by atoms with Gasteiger partial charge in [-0.2, -0.15) is 0 Å². The minimum Gasteiger partial charge on any atom is -0.449 e. The van der Waals surface area contributed by atoms with Gasteiger partial charge in [-0.3, -0.25) is 0 Å². The summed E-state index contributed by atoms with van der Waals surface area (Å²) in [5.41, 5.74) is 3.01. The highest BCUT2D eigenvalue weighted by Crippen LogP contribution is 2.21. The van der Waals surface area contributed by atoms with Gasteiger partial charge in [-0.15, -0.1) is 6.42 Å². The summed E-state index contributed by atoms with van der Waals surface area (Å²) >= 11 is 0. The highest BCUT2D eigenvalue weighted by molar-refractivity contribution is 5.94. The predicted molar refractivity (Wildman–Crippen MR) is 80.6 cm³/mol. The van der Waals surface area contributed by atoms with Crippen LogP contribution in [0.3, 0.4) is 0 Å². The van der Waals surface area contributed by atoms with Crippen LogP contribution in [0.25, 0.3) is 22.4 Å². The van der Waals surface area contributed by atoms with Gasteiger partial charge >= 0.3 is 5.97 Å². The largest absolute Gasteiger partial charge is 0.449 e. The first kappa shape index (κ1) is 12.9. The number of aromatic nitrogens is 2. The molecular weight excluding hydrogens is 264 g/mol. The smallest absolute Gasteiger partial charge is 0.339 e. The zero-order chi connectivity index (χ0) is 14.7. The van der Waals surface area contributed by atoms with E-state index in [1.165, 1.54) is 0 Å². The number of nitrogens with zero attached hydrogens (tertiary/aromatic N) is 1. The Kier molecular flexibility index (Phi) is 3.40. The van der Waals surface area contributed by atoms with Crippen molar-refractivity contribution in [1.29, 1.82) is 0 Å². The zero-order valence-electron chi connectivity index (χ0n) is 11.2. The summed E-state index contributed by atoms with van der Waals surface area (Å²) in [5, 5.41) is 0. The second kappa shape index (κ2) is 5.51. The van der Waals surface area contributed by atoms with Gasteiger partial charge in [-0.1, -0.05) is 36.3 Å². The van der Waals surface area contributed by atoms with Crippen molar-refractivity contribution in [2.75, 3.05) is 6.61 Å². The van der Waals surface area contributed by atoms with Gasteiger partial charge in [0.05, 0.1) is 16.6 Å². The molecule has 0 atom stereocenters. The Balaban J connectivity index is 1.96. The molecule has 4 nitrogen and oxygen atoms in total. The molecule has 0 spiro atoms. The van der Waals surface area contributed by atoms with Crippen LogP contribution in [0.4, 0.5) is 0 Å². The van der Waals surface area contributed by atoms with Gasteiger partial charge in [0.2, 0.25) is 0 Å². The molecule has 0 unspecified atom stereocenters. The van der Waals surface area contributed by atoms with Crippen LogP contribution in [0.2, 0.25) is 0 Å². The van der Waals surface area contributed by atoms with Crippen LogP contribution in [-0.2, 0) is 4.74 Å². The van der Waals surface area contributed by atoms with E-state index in [1.807, 2.05) is 30.3 Å². The van der Waals surface area contributed by atoms with Crippen molar-refractivity contribution in [2.24, 2.45) is 0 Å². The summed E-state index contributed by atoms with van der Waals surface area (Å²) in [7, 11) is 0. The third-order valence-corrected chi connectivity index (χ3v) is 3.05. The molecule has 1 N–H and O–H groups in total. The fraction of sp³-hybridized carbons (Fsp3) is 0.0588. The van der Waals surface area contributed by atoms with Crippen LogP contribution in [0.15, 0.2) is 48.5 Å². The lowest BCUT2D eigenvalue weighted by Crippen LogP contribution is -2.04. The number of hydrogen-bond donors (Lipinski definition) is 1. The number of H-pyrrole nitrogens is 1. The molecule has 1 aromatic heterocycles. The van der Waals surface area contributed by atoms with E-state index in [0.717, 1.165) is 22.4 Å². The summed E-state index contributed by atoms with van der Waals surface area (Å²) < 4.78 is 4.91. The van der Waals surface area contributed by atoms with E-state index >= 15 is 0 Å². The Bertz CT molecular complexity index is 829. The summed E-state index contributed by atoms with van der Waals surface area (Å²) in [4.78, 5) is 19.5. The monoisotopic (exact) mass is 276 g/mol. The number of nitrogens with one attached hydrogen (secondary N) is 1. The van der Waals surface area contributed by atoms with Crippen LogP contribution in [0.5, 0.6) is 0 Å². The lowest BCUT2D eigenvalue weighted by molar-refractivity contribution is 0.0557. The van der Waals surface area contributed by atoms with Gasteiger partial charge in [0.1, 0.15) is 5.82 Å². The quantitative estimate of drug-likeness (QED) is 0.591. The average molecular weight is 276 g/mol. The van der Waals surface area contributed by atoms with E-state index in [4.69, 9.17) is 11.2 Å². The van der Waals surface area contributed by atoms with Gasteiger partial charge in [0, 0.05) is 5.56 Å². The Morgan fingerprint density at radius 3 is 2.81 bits per heavy atom. The average Bonchev–Trinajstić information content (AvgIpc) is 2.96. The summed E-state index contributed by atoms with van der Waals surface area (Å²) in [5.74, 6) is 2.59. The number of rotatable bonds is 3. The zero-order valence-corrected chi connectivity index (χ0v) is 11.2. The van der Waals surface area contributed by atoms with Gasteiger partial charge in [0.25, 0.3) is 0 Å². The van der Waals surface area contributed by atoms with Crippen LogP contribution in [0.1, 0.15) is 10.4 Å². The van der Waals surface area contributed by atoms with E-state index in [2.05, 4.69) is 15.9 Å². The fourth-order valence-electron chi connectivity index (χ4n) is 2.06. The Morgan fingerprint density at radius 1 is 1.24 bits per heavy atom. The number of fused-ring (bicyclic) bond motifs is 1. The number of carbonyl (C=O) groups excluding carboxylic acids is 1. The molecule has 0 aliphatic rings. The number of carbonyl (C=O) groups is 1. The van der Waals surface area contributed by atoms with Crippen molar-refractivity contribution >= 4 is 17.0 Å². The van der Waals surface area contributed by atoms with Crippen molar-refractivity contribution in [3.05, 3.63) is 54.1 Å². The van der Waals surface area contributed by atoms with Gasteiger partial charge in [-0.25, -0.2) is 9.78 Å². The molecular formula is C17H12N2O2. The van der Waals surface area contributed by atoms with Crippen LogP contribution in [-0.4, -0.2) is 22.5 Å². The molecule has 0 saturated heterocycles. The van der Waals surface area contributed by atoms with Crippen molar-refractivity contribution in [3.8, 4) is 23.7 Å². The molecule has 0 fully saturated rings. The predicted octanol–water partition coefficient (Wildman–Crippen LogP) is 3.02. The van der Waals surface area contributed by atoms with Crippen LogP contribution in [0, 0.1) is 12.3 Å². The minimum atomic E-state index is -0.439. The molecule has 2 aromatic carbocycles. The molecule has 21 heavy (non-hydrogen) atoms. The normalized spacial score (nSPS) is 10.2. The molecule has 0 saturated carbocycles. The first-order valence-electron chi connectivity index (χ1n) is 6.44. The first-order chi connectivity index (χ1) is 10.3. The molecule has 1 heterocycles. The van der Waals surface area contributed by atoms with E-state index in [0.29, 0.717) is 5.56 Å². The van der Waals surface area contributed by atoms with Gasteiger partial charge in [-0.05, 0) is 18.2 Å². The third-order valence-electron chi connectivity index (χ3n) is 3.05. The van der Waals surface area contributed by atoms with E-state index in [9.17, 15) is 4.79 Å². The van der Waals surface area contributed by atoms with E-state index in [-0.39, 0.29) is 6.61 Å². The van der Waals surface area contributed by atoms with Crippen molar-refractivity contribution < 1.29 is 9.53 Å². The molecule has 3 aromatic rings. The summed E-state index contributed by atoms with van der Waals surface area (Å²) in [6.07, 6.45) is 5.07. The molecule has 3 rings (SSSR count). The van der Waals surface area contributed by atoms with Crippen LogP contribution < -0.4 is 0 Å².